The number of hydrogen-bond donors (Lipinski definition) is 2. The van der Waals surface area contributed by atoms with Crippen LogP contribution in [-0.2, 0) is 24.2 Å². The number of rotatable bonds is 4. The van der Waals surface area contributed by atoms with Crippen LogP contribution in [0.15, 0.2) is 30.3 Å². The number of hydrogen-bond acceptors (Lipinski definition) is 3. The van der Waals surface area contributed by atoms with Crippen LogP contribution in [0.3, 0.4) is 0 Å². The molecule has 1 amide bonds. The summed E-state index contributed by atoms with van der Waals surface area (Å²) in [5.74, 6) is -0.0477. The SMILES string of the molecule is NC1(C(=O)NCc2nn(-c3ccccc3)c3c2CCC3)CC1. The minimum Gasteiger partial charge on any atom is -0.349 e. The van der Waals surface area contributed by atoms with Gasteiger partial charge in [0.15, 0.2) is 0 Å². The summed E-state index contributed by atoms with van der Waals surface area (Å²) in [6.07, 6.45) is 4.82. The zero-order valence-electron chi connectivity index (χ0n) is 12.5. The van der Waals surface area contributed by atoms with Gasteiger partial charge in [0.25, 0.3) is 0 Å². The van der Waals surface area contributed by atoms with E-state index in [4.69, 9.17) is 10.8 Å². The Morgan fingerprint density at radius 3 is 2.77 bits per heavy atom. The van der Waals surface area contributed by atoms with Gasteiger partial charge in [-0.15, -0.1) is 0 Å². The van der Waals surface area contributed by atoms with Gasteiger partial charge >= 0.3 is 0 Å². The summed E-state index contributed by atoms with van der Waals surface area (Å²) in [5, 5.41) is 7.69. The number of carbonyl (C=O) groups is 1. The van der Waals surface area contributed by atoms with E-state index in [1.54, 1.807) is 0 Å². The fourth-order valence-corrected chi connectivity index (χ4v) is 3.14. The van der Waals surface area contributed by atoms with Crippen molar-refractivity contribution in [1.29, 1.82) is 0 Å². The summed E-state index contributed by atoms with van der Waals surface area (Å²) in [7, 11) is 0. The van der Waals surface area contributed by atoms with Gasteiger partial charge in [-0.25, -0.2) is 4.68 Å². The van der Waals surface area contributed by atoms with E-state index in [2.05, 4.69) is 17.4 Å². The molecule has 1 aromatic carbocycles. The maximum Gasteiger partial charge on any atom is 0.240 e. The van der Waals surface area contributed by atoms with E-state index < -0.39 is 5.54 Å². The molecule has 3 N–H and O–H groups in total. The molecule has 0 atom stereocenters. The Balaban J connectivity index is 1.59. The zero-order valence-corrected chi connectivity index (χ0v) is 12.5. The van der Waals surface area contributed by atoms with Crippen LogP contribution < -0.4 is 11.1 Å². The molecule has 0 unspecified atom stereocenters. The second kappa shape index (κ2) is 4.95. The maximum absolute atomic E-state index is 12.0. The van der Waals surface area contributed by atoms with Crippen LogP contribution in [-0.4, -0.2) is 21.2 Å². The summed E-state index contributed by atoms with van der Waals surface area (Å²) in [6, 6.07) is 10.2. The first-order valence-corrected chi connectivity index (χ1v) is 7.90. The molecule has 22 heavy (non-hydrogen) atoms. The number of aromatic nitrogens is 2. The normalized spacial score (nSPS) is 18.0. The van der Waals surface area contributed by atoms with Crippen molar-refractivity contribution in [1.82, 2.24) is 15.1 Å². The molecule has 5 heteroatoms. The summed E-state index contributed by atoms with van der Waals surface area (Å²) in [4.78, 5) is 12.0. The molecule has 0 aliphatic heterocycles. The second-order valence-corrected chi connectivity index (χ2v) is 6.31. The van der Waals surface area contributed by atoms with Gasteiger partial charge in [-0.1, -0.05) is 18.2 Å². The number of amides is 1. The smallest absolute Gasteiger partial charge is 0.240 e. The van der Waals surface area contributed by atoms with Crippen molar-refractivity contribution in [3.8, 4) is 5.69 Å². The Bertz CT molecular complexity index is 716. The van der Waals surface area contributed by atoms with E-state index in [-0.39, 0.29) is 5.91 Å². The van der Waals surface area contributed by atoms with Crippen LogP contribution in [0, 0.1) is 0 Å². The van der Waals surface area contributed by atoms with Gasteiger partial charge in [0.05, 0.1) is 23.5 Å². The van der Waals surface area contributed by atoms with E-state index in [1.165, 1.54) is 11.3 Å². The lowest BCUT2D eigenvalue weighted by Gasteiger charge is -2.09. The first-order chi connectivity index (χ1) is 10.7. The van der Waals surface area contributed by atoms with Crippen LogP contribution in [0.4, 0.5) is 0 Å². The Labute approximate surface area is 129 Å². The van der Waals surface area contributed by atoms with E-state index >= 15 is 0 Å². The molecule has 114 valence electrons. The van der Waals surface area contributed by atoms with E-state index in [9.17, 15) is 4.79 Å². The molecule has 0 bridgehead atoms. The number of para-hydroxylation sites is 1. The molecule has 1 aromatic heterocycles. The molecular formula is C17H20N4O. The van der Waals surface area contributed by atoms with Crippen molar-refractivity contribution in [2.75, 3.05) is 0 Å². The Kier molecular flexibility index (Phi) is 3.04. The van der Waals surface area contributed by atoms with Gasteiger partial charge in [-0.2, -0.15) is 5.10 Å². The topological polar surface area (TPSA) is 72.9 Å². The molecule has 1 saturated carbocycles. The van der Waals surface area contributed by atoms with Crippen LogP contribution >= 0.6 is 0 Å². The monoisotopic (exact) mass is 296 g/mol. The lowest BCUT2D eigenvalue weighted by atomic mass is 10.2. The van der Waals surface area contributed by atoms with Gasteiger partial charge in [0.2, 0.25) is 5.91 Å². The highest BCUT2D eigenvalue weighted by Gasteiger charge is 2.45. The highest BCUT2D eigenvalue weighted by molar-refractivity contribution is 5.88. The summed E-state index contributed by atoms with van der Waals surface area (Å²) in [5.41, 5.74) is 9.94. The van der Waals surface area contributed by atoms with Crippen LogP contribution in [0.2, 0.25) is 0 Å². The highest BCUT2D eigenvalue weighted by atomic mass is 16.2. The van der Waals surface area contributed by atoms with Crippen molar-refractivity contribution >= 4 is 5.91 Å². The third-order valence-corrected chi connectivity index (χ3v) is 4.67. The number of nitrogens with two attached hydrogens (primary N) is 1. The van der Waals surface area contributed by atoms with E-state index in [0.717, 1.165) is 43.5 Å². The largest absolute Gasteiger partial charge is 0.349 e. The van der Waals surface area contributed by atoms with Crippen LogP contribution in [0.25, 0.3) is 5.69 Å². The van der Waals surface area contributed by atoms with Gasteiger partial charge in [0, 0.05) is 5.69 Å². The fraction of sp³-hybridized carbons (Fsp3) is 0.412. The molecule has 0 spiro atoms. The summed E-state index contributed by atoms with van der Waals surface area (Å²) in [6.45, 7) is 0.472. The van der Waals surface area contributed by atoms with Gasteiger partial charge in [0.1, 0.15) is 0 Å². The van der Waals surface area contributed by atoms with Gasteiger partial charge in [-0.05, 0) is 49.8 Å². The minimum absolute atomic E-state index is 0.0477. The molecule has 0 saturated heterocycles. The predicted molar refractivity (Wildman–Crippen MR) is 83.6 cm³/mol. The number of carbonyl (C=O) groups excluding carboxylic acids is 1. The van der Waals surface area contributed by atoms with Gasteiger partial charge < -0.3 is 11.1 Å². The summed E-state index contributed by atoms with van der Waals surface area (Å²) >= 11 is 0. The van der Waals surface area contributed by atoms with E-state index in [1.807, 2.05) is 22.9 Å². The summed E-state index contributed by atoms with van der Waals surface area (Å²) < 4.78 is 2.03. The van der Waals surface area contributed by atoms with Crippen molar-refractivity contribution < 1.29 is 4.79 Å². The number of fused-ring (bicyclic) bond motifs is 1. The lowest BCUT2D eigenvalue weighted by Crippen LogP contribution is -2.42. The second-order valence-electron chi connectivity index (χ2n) is 6.31. The van der Waals surface area contributed by atoms with Gasteiger partial charge in [-0.3, -0.25) is 4.79 Å². The van der Waals surface area contributed by atoms with Crippen molar-refractivity contribution in [3.05, 3.63) is 47.3 Å². The molecule has 2 aliphatic rings. The first kappa shape index (κ1) is 13.5. The molecule has 0 radical (unpaired) electrons. The third kappa shape index (κ3) is 2.22. The molecule has 2 aromatic rings. The lowest BCUT2D eigenvalue weighted by molar-refractivity contribution is -0.123. The third-order valence-electron chi connectivity index (χ3n) is 4.67. The predicted octanol–water partition coefficient (Wildman–Crippen LogP) is 1.47. The average Bonchev–Trinajstić information content (AvgIpc) is 2.99. The highest BCUT2D eigenvalue weighted by Crippen LogP contribution is 2.32. The maximum atomic E-state index is 12.0. The molecule has 1 heterocycles. The van der Waals surface area contributed by atoms with Crippen molar-refractivity contribution in [2.45, 2.75) is 44.2 Å². The van der Waals surface area contributed by atoms with Crippen molar-refractivity contribution in [2.24, 2.45) is 5.73 Å². The molecular weight excluding hydrogens is 276 g/mol. The minimum atomic E-state index is -0.620. The van der Waals surface area contributed by atoms with Crippen molar-refractivity contribution in [3.63, 3.8) is 0 Å². The quantitative estimate of drug-likeness (QED) is 0.897. The zero-order chi connectivity index (χ0) is 15.2. The molecule has 2 aliphatic carbocycles. The number of benzene rings is 1. The number of nitrogens with zero attached hydrogens (tertiary/aromatic N) is 2. The first-order valence-electron chi connectivity index (χ1n) is 7.90. The Hall–Kier alpha value is -2.14. The fourth-order valence-electron chi connectivity index (χ4n) is 3.14. The van der Waals surface area contributed by atoms with Crippen LogP contribution in [0.1, 0.15) is 36.2 Å². The molecule has 5 nitrogen and oxygen atoms in total. The van der Waals surface area contributed by atoms with E-state index in [0.29, 0.717) is 6.54 Å². The number of nitrogens with one attached hydrogen (secondary N) is 1. The van der Waals surface area contributed by atoms with Crippen LogP contribution in [0.5, 0.6) is 0 Å². The Morgan fingerprint density at radius 2 is 2.05 bits per heavy atom. The molecule has 1 fully saturated rings. The Morgan fingerprint density at radius 1 is 1.27 bits per heavy atom. The molecule has 4 rings (SSSR count). The average molecular weight is 296 g/mol. The standard InChI is InChI=1S/C17H20N4O/c18-17(9-10-17)16(22)19-11-14-13-7-4-8-15(13)21(20-14)12-5-2-1-3-6-12/h1-3,5-6H,4,7-11,18H2,(H,19,22).